The van der Waals surface area contributed by atoms with Crippen molar-refractivity contribution in [2.24, 2.45) is 5.41 Å². The minimum atomic E-state index is -1.93. The minimum Gasteiger partial charge on any atom is -0.463 e. The highest BCUT2D eigenvalue weighted by atomic mass is 19.3. The maximum atomic E-state index is 13.3. The quantitative estimate of drug-likeness (QED) is 0.223. The summed E-state index contributed by atoms with van der Waals surface area (Å²) >= 11 is 0. The highest BCUT2D eigenvalue weighted by Gasteiger charge is 2.36. The Morgan fingerprint density at radius 3 is 2.36 bits per heavy atom. The average molecular weight is 320 g/mol. The van der Waals surface area contributed by atoms with Crippen molar-refractivity contribution in [2.45, 2.75) is 26.4 Å². The molecule has 0 saturated carbocycles. The Bertz CT molecular complexity index is 363. The summed E-state index contributed by atoms with van der Waals surface area (Å²) in [5, 5.41) is 0. The third kappa shape index (κ3) is 7.68. The Morgan fingerprint density at radius 2 is 1.86 bits per heavy atom. The minimum absolute atomic E-state index is 0.135. The van der Waals surface area contributed by atoms with Gasteiger partial charge in [0, 0.05) is 12.5 Å². The number of ether oxygens (including phenoxy) is 4. The molecule has 0 aromatic rings. The molecule has 0 saturated heterocycles. The maximum Gasteiger partial charge on any atom is 0.310 e. The molecule has 0 bridgehead atoms. The normalized spacial score (nSPS) is 12.6. The van der Waals surface area contributed by atoms with Gasteiger partial charge in [0.15, 0.2) is 12.6 Å². The summed E-state index contributed by atoms with van der Waals surface area (Å²) in [4.78, 5) is 0. The lowest BCUT2D eigenvalue weighted by molar-refractivity contribution is -0.0868. The first-order valence-electron chi connectivity index (χ1n) is 6.98. The van der Waals surface area contributed by atoms with Crippen LogP contribution in [0.3, 0.4) is 0 Å². The van der Waals surface area contributed by atoms with Gasteiger partial charge in [-0.3, -0.25) is 0 Å². The van der Waals surface area contributed by atoms with Crippen molar-refractivity contribution in [2.75, 3.05) is 33.7 Å². The zero-order valence-corrected chi connectivity index (χ0v) is 13.6. The first-order valence-corrected chi connectivity index (χ1v) is 6.98. The van der Waals surface area contributed by atoms with Gasteiger partial charge in [0.1, 0.15) is 6.10 Å². The van der Waals surface area contributed by atoms with Crippen LogP contribution in [0.15, 0.2) is 37.1 Å². The van der Waals surface area contributed by atoms with E-state index in [9.17, 15) is 8.78 Å². The molecule has 0 amide bonds. The van der Waals surface area contributed by atoms with E-state index in [-0.39, 0.29) is 20.0 Å². The van der Waals surface area contributed by atoms with Crippen molar-refractivity contribution in [3.05, 3.63) is 37.1 Å². The van der Waals surface area contributed by atoms with Crippen LogP contribution in [0.5, 0.6) is 0 Å². The Kier molecular flexibility index (Phi) is 10.7. The molecule has 0 aliphatic heterocycles. The highest BCUT2D eigenvalue weighted by molar-refractivity contribution is 5.08. The van der Waals surface area contributed by atoms with Crippen molar-refractivity contribution in [3.63, 3.8) is 0 Å². The van der Waals surface area contributed by atoms with Gasteiger partial charge in [-0.05, 0) is 6.42 Å². The molecule has 128 valence electrons. The van der Waals surface area contributed by atoms with Crippen molar-refractivity contribution in [1.82, 2.24) is 0 Å². The van der Waals surface area contributed by atoms with Crippen LogP contribution in [-0.2, 0) is 18.9 Å². The van der Waals surface area contributed by atoms with Crippen LogP contribution in [0, 0.1) is 5.41 Å². The van der Waals surface area contributed by atoms with Crippen LogP contribution in [-0.4, -0.2) is 39.8 Å². The number of rotatable bonds is 13. The topological polar surface area (TPSA) is 36.9 Å². The van der Waals surface area contributed by atoms with Gasteiger partial charge in [-0.15, -0.1) is 13.2 Å². The second-order valence-corrected chi connectivity index (χ2v) is 5.27. The molecule has 0 radical (unpaired) electrons. The summed E-state index contributed by atoms with van der Waals surface area (Å²) in [6.07, 6.45) is 0.785. The van der Waals surface area contributed by atoms with Gasteiger partial charge in [-0.25, -0.2) is 0 Å². The summed E-state index contributed by atoms with van der Waals surface area (Å²) in [5.41, 5.74) is -0.615. The van der Waals surface area contributed by atoms with Crippen LogP contribution >= 0.6 is 0 Å². The predicted octanol–water partition coefficient (Wildman–Crippen LogP) is 3.91. The Labute approximate surface area is 131 Å². The summed E-state index contributed by atoms with van der Waals surface area (Å²) in [7, 11) is 1.52. The molecule has 4 nitrogen and oxygen atoms in total. The Morgan fingerprint density at radius 1 is 1.18 bits per heavy atom. The second-order valence-electron chi connectivity index (χ2n) is 5.27. The Balaban J connectivity index is 4.96. The van der Waals surface area contributed by atoms with Crippen molar-refractivity contribution < 1.29 is 27.7 Å². The van der Waals surface area contributed by atoms with E-state index in [0.29, 0.717) is 13.0 Å². The van der Waals surface area contributed by atoms with Crippen LogP contribution in [0.2, 0.25) is 0 Å². The third-order valence-electron chi connectivity index (χ3n) is 2.91. The zero-order chi connectivity index (χ0) is 17.0. The monoisotopic (exact) mass is 320 g/mol. The Hall–Kier alpha value is -1.24. The van der Waals surface area contributed by atoms with Gasteiger partial charge in [0.2, 0.25) is 0 Å². The molecule has 0 aliphatic carbocycles. The fourth-order valence-corrected chi connectivity index (χ4v) is 1.84. The molecule has 0 rings (SSSR count). The average Bonchev–Trinajstić information content (AvgIpc) is 2.44. The number of hydrogen-bond donors (Lipinski definition) is 0. The van der Waals surface area contributed by atoms with E-state index >= 15 is 0 Å². The highest BCUT2D eigenvalue weighted by Crippen LogP contribution is 2.35. The van der Waals surface area contributed by atoms with Gasteiger partial charge >= 0.3 is 6.08 Å². The lowest BCUT2D eigenvalue weighted by Gasteiger charge is -2.33. The molecular weight excluding hydrogens is 294 g/mol. The molecule has 0 N–H and O–H groups in total. The van der Waals surface area contributed by atoms with Crippen molar-refractivity contribution in [3.8, 4) is 0 Å². The van der Waals surface area contributed by atoms with Gasteiger partial charge < -0.3 is 18.9 Å². The largest absolute Gasteiger partial charge is 0.463 e. The molecule has 0 heterocycles. The van der Waals surface area contributed by atoms with Crippen LogP contribution in [0.4, 0.5) is 8.78 Å². The smallest absolute Gasteiger partial charge is 0.310 e. The first kappa shape index (κ1) is 20.8. The van der Waals surface area contributed by atoms with Crippen LogP contribution in [0.25, 0.3) is 0 Å². The molecule has 6 heteroatoms. The molecule has 0 aromatic carbocycles. The fourth-order valence-electron chi connectivity index (χ4n) is 1.84. The fraction of sp³-hybridized carbons (Fsp3) is 0.625. The summed E-state index contributed by atoms with van der Waals surface area (Å²) in [6.45, 7) is 11.2. The summed E-state index contributed by atoms with van der Waals surface area (Å²) in [6, 6.07) is 0. The SMILES string of the molecule is C=CCOC(C(OCOCCOC)=C(F)F)C(C)(C)CC=C. The van der Waals surface area contributed by atoms with Gasteiger partial charge in [0.25, 0.3) is 0 Å². The van der Waals surface area contributed by atoms with Gasteiger partial charge in [-0.2, -0.15) is 8.78 Å². The number of hydrogen-bond acceptors (Lipinski definition) is 4. The molecular formula is C16H26F2O4. The number of methoxy groups -OCH3 is 1. The van der Waals surface area contributed by atoms with Crippen molar-refractivity contribution in [1.29, 1.82) is 0 Å². The molecule has 0 aromatic heterocycles. The molecule has 1 atom stereocenters. The van der Waals surface area contributed by atoms with E-state index in [0.717, 1.165) is 0 Å². The molecule has 0 spiro atoms. The maximum absolute atomic E-state index is 13.3. The molecule has 0 aliphatic rings. The lowest BCUT2D eigenvalue weighted by atomic mass is 9.82. The van der Waals surface area contributed by atoms with E-state index in [1.165, 1.54) is 13.2 Å². The predicted molar refractivity (Wildman–Crippen MR) is 81.6 cm³/mol. The molecule has 1 unspecified atom stereocenters. The van der Waals surface area contributed by atoms with E-state index in [1.807, 2.05) is 0 Å². The zero-order valence-electron chi connectivity index (χ0n) is 13.6. The standard InChI is InChI=1S/C16H26F2O4/c1-6-8-16(3,4)14(21-9-7-2)13(15(17)18)22-12-20-11-10-19-5/h6-7,14H,1-2,8-12H2,3-5H3. The summed E-state index contributed by atoms with van der Waals surface area (Å²) in [5.74, 6) is -0.522. The van der Waals surface area contributed by atoms with Crippen molar-refractivity contribution >= 4 is 0 Å². The lowest BCUT2D eigenvalue weighted by Crippen LogP contribution is -2.35. The van der Waals surface area contributed by atoms with Gasteiger partial charge in [-0.1, -0.05) is 26.0 Å². The first-order chi connectivity index (χ1) is 10.4. The van der Waals surface area contributed by atoms with E-state index in [1.54, 1.807) is 19.9 Å². The molecule has 22 heavy (non-hydrogen) atoms. The van der Waals surface area contributed by atoms with Gasteiger partial charge in [0.05, 0.1) is 19.8 Å². The van der Waals surface area contributed by atoms with Crippen LogP contribution in [0.1, 0.15) is 20.3 Å². The number of halogens is 2. The summed E-state index contributed by atoms with van der Waals surface area (Å²) < 4.78 is 47.0. The van der Waals surface area contributed by atoms with E-state index in [2.05, 4.69) is 13.2 Å². The van der Waals surface area contributed by atoms with E-state index in [4.69, 9.17) is 18.9 Å². The molecule has 0 fully saturated rings. The third-order valence-corrected chi connectivity index (χ3v) is 2.91. The van der Waals surface area contributed by atoms with E-state index < -0.39 is 23.4 Å². The number of allylic oxidation sites excluding steroid dienone is 1. The second kappa shape index (κ2) is 11.3. The van der Waals surface area contributed by atoms with Crippen LogP contribution < -0.4 is 0 Å².